The summed E-state index contributed by atoms with van der Waals surface area (Å²) in [6.45, 7) is 4.42. The molecule has 0 aromatic carbocycles. The lowest BCUT2D eigenvalue weighted by molar-refractivity contribution is -0.384. The van der Waals surface area contributed by atoms with Gasteiger partial charge < -0.3 is 10.6 Å². The Morgan fingerprint density at radius 2 is 2.26 bits per heavy atom. The Morgan fingerprint density at radius 1 is 1.53 bits per heavy atom. The van der Waals surface area contributed by atoms with Gasteiger partial charge in [-0.05, 0) is 24.7 Å². The summed E-state index contributed by atoms with van der Waals surface area (Å²) < 4.78 is 0. The second kappa shape index (κ2) is 4.99. The van der Waals surface area contributed by atoms with Crippen LogP contribution in [-0.4, -0.2) is 28.0 Å². The maximum atomic E-state index is 11.0. The van der Waals surface area contributed by atoms with Crippen LogP contribution in [0.5, 0.6) is 0 Å². The number of aromatic nitrogens is 2. The van der Waals surface area contributed by atoms with Gasteiger partial charge in [-0.25, -0.2) is 4.98 Å². The van der Waals surface area contributed by atoms with Crippen molar-refractivity contribution in [2.75, 3.05) is 17.7 Å². The van der Waals surface area contributed by atoms with Crippen molar-refractivity contribution in [1.82, 2.24) is 9.97 Å². The van der Waals surface area contributed by atoms with Gasteiger partial charge in [-0.2, -0.15) is 4.98 Å². The Labute approximate surface area is 112 Å². The quantitative estimate of drug-likeness (QED) is 0.641. The van der Waals surface area contributed by atoms with E-state index in [1.165, 1.54) is 6.20 Å². The molecule has 7 nitrogen and oxygen atoms in total. The lowest BCUT2D eigenvalue weighted by Gasteiger charge is -2.18. The van der Waals surface area contributed by atoms with Gasteiger partial charge in [-0.15, -0.1) is 0 Å². The second-order valence-electron chi connectivity index (χ2n) is 5.68. The van der Waals surface area contributed by atoms with E-state index in [9.17, 15) is 10.1 Å². The summed E-state index contributed by atoms with van der Waals surface area (Å²) in [5.74, 6) is 0.678. The molecule has 0 aliphatic heterocycles. The predicted molar refractivity (Wildman–Crippen MR) is 73.3 cm³/mol. The van der Waals surface area contributed by atoms with Crippen LogP contribution >= 0.6 is 0 Å². The Bertz CT molecular complexity index is 489. The Kier molecular flexibility index (Phi) is 3.55. The largest absolute Gasteiger partial charge is 0.361 e. The van der Waals surface area contributed by atoms with E-state index in [4.69, 9.17) is 0 Å². The van der Waals surface area contributed by atoms with Crippen molar-refractivity contribution < 1.29 is 4.92 Å². The molecule has 1 aliphatic rings. The third kappa shape index (κ3) is 3.10. The highest BCUT2D eigenvalue weighted by Crippen LogP contribution is 2.39. The highest BCUT2D eigenvalue weighted by molar-refractivity contribution is 5.57. The SMILES string of the molecule is CNc1ncc([N+](=O)[O-])c(NC2CCC(C)(C)C2)n1. The van der Waals surface area contributed by atoms with Gasteiger partial charge in [0.05, 0.1) is 4.92 Å². The molecular weight excluding hydrogens is 246 g/mol. The highest BCUT2D eigenvalue weighted by atomic mass is 16.6. The fourth-order valence-electron chi connectivity index (χ4n) is 2.49. The Balaban J connectivity index is 2.20. The van der Waals surface area contributed by atoms with Gasteiger partial charge >= 0.3 is 5.69 Å². The third-order valence-corrected chi connectivity index (χ3v) is 3.50. The maximum Gasteiger partial charge on any atom is 0.329 e. The smallest absolute Gasteiger partial charge is 0.329 e. The fraction of sp³-hybridized carbons (Fsp3) is 0.667. The van der Waals surface area contributed by atoms with E-state index in [1.807, 2.05) is 0 Å². The second-order valence-corrected chi connectivity index (χ2v) is 5.68. The molecule has 0 bridgehead atoms. The van der Waals surface area contributed by atoms with E-state index in [2.05, 4.69) is 34.4 Å². The zero-order valence-electron chi connectivity index (χ0n) is 11.4. The molecule has 1 aromatic heterocycles. The van der Waals surface area contributed by atoms with E-state index in [1.54, 1.807) is 7.05 Å². The molecule has 1 heterocycles. The van der Waals surface area contributed by atoms with Crippen molar-refractivity contribution in [3.8, 4) is 0 Å². The van der Waals surface area contributed by atoms with Crippen molar-refractivity contribution in [1.29, 1.82) is 0 Å². The van der Waals surface area contributed by atoms with Crippen molar-refractivity contribution >= 4 is 17.5 Å². The molecule has 1 aromatic rings. The van der Waals surface area contributed by atoms with Crippen LogP contribution in [0.3, 0.4) is 0 Å². The van der Waals surface area contributed by atoms with E-state index in [0.717, 1.165) is 19.3 Å². The average molecular weight is 265 g/mol. The molecule has 1 atom stereocenters. The van der Waals surface area contributed by atoms with Crippen LogP contribution in [0, 0.1) is 15.5 Å². The van der Waals surface area contributed by atoms with E-state index in [-0.39, 0.29) is 17.1 Å². The lowest BCUT2D eigenvalue weighted by Crippen LogP contribution is -2.19. The number of rotatable bonds is 4. The maximum absolute atomic E-state index is 11.0. The standard InChI is InChI=1S/C12H19N5O2/c1-12(2)5-4-8(6-12)15-10-9(17(18)19)7-14-11(13-3)16-10/h7-8H,4-6H2,1-3H3,(H2,13,14,15,16). The number of nitrogens with zero attached hydrogens (tertiary/aromatic N) is 3. The molecule has 1 unspecified atom stereocenters. The molecule has 1 saturated carbocycles. The molecule has 104 valence electrons. The molecule has 0 radical (unpaired) electrons. The summed E-state index contributed by atoms with van der Waals surface area (Å²) >= 11 is 0. The first kappa shape index (κ1) is 13.5. The summed E-state index contributed by atoms with van der Waals surface area (Å²) in [6, 6.07) is 0.230. The molecule has 19 heavy (non-hydrogen) atoms. The number of anilines is 2. The number of nitro groups is 1. The Hall–Kier alpha value is -1.92. The Morgan fingerprint density at radius 3 is 2.79 bits per heavy atom. The third-order valence-electron chi connectivity index (χ3n) is 3.50. The van der Waals surface area contributed by atoms with Gasteiger partial charge in [-0.3, -0.25) is 10.1 Å². The minimum absolute atomic E-state index is 0.0799. The van der Waals surface area contributed by atoms with E-state index >= 15 is 0 Å². The van der Waals surface area contributed by atoms with Gasteiger partial charge in [0.1, 0.15) is 6.20 Å². The summed E-state index contributed by atoms with van der Waals surface area (Å²) in [5.41, 5.74) is 0.203. The minimum atomic E-state index is -0.456. The van der Waals surface area contributed by atoms with E-state index in [0.29, 0.717) is 11.8 Å². The molecule has 0 amide bonds. The van der Waals surface area contributed by atoms with Crippen LogP contribution < -0.4 is 10.6 Å². The molecular formula is C12H19N5O2. The van der Waals surface area contributed by atoms with Gasteiger partial charge in [0, 0.05) is 13.1 Å². The van der Waals surface area contributed by atoms with Gasteiger partial charge in [0.25, 0.3) is 0 Å². The van der Waals surface area contributed by atoms with Crippen LogP contribution in [0.25, 0.3) is 0 Å². The normalized spacial score (nSPS) is 21.1. The summed E-state index contributed by atoms with van der Waals surface area (Å²) in [4.78, 5) is 18.6. The number of hydrogen-bond acceptors (Lipinski definition) is 6. The monoisotopic (exact) mass is 265 g/mol. The summed E-state index contributed by atoms with van der Waals surface area (Å²) in [5, 5.41) is 17.0. The van der Waals surface area contributed by atoms with Crippen LogP contribution in [0.15, 0.2) is 6.20 Å². The van der Waals surface area contributed by atoms with E-state index < -0.39 is 4.92 Å². The first-order valence-electron chi connectivity index (χ1n) is 6.37. The van der Waals surface area contributed by atoms with Crippen molar-refractivity contribution in [3.63, 3.8) is 0 Å². The van der Waals surface area contributed by atoms with Crippen molar-refractivity contribution in [2.24, 2.45) is 5.41 Å². The molecule has 1 aliphatic carbocycles. The first-order chi connectivity index (χ1) is 8.91. The van der Waals surface area contributed by atoms with Gasteiger partial charge in [0.15, 0.2) is 0 Å². The number of hydrogen-bond donors (Lipinski definition) is 2. The fourth-order valence-corrected chi connectivity index (χ4v) is 2.49. The summed E-state index contributed by atoms with van der Waals surface area (Å²) in [7, 11) is 1.68. The topological polar surface area (TPSA) is 93.0 Å². The molecule has 0 saturated heterocycles. The average Bonchev–Trinajstić information content (AvgIpc) is 2.68. The van der Waals surface area contributed by atoms with Crippen LogP contribution in [0.1, 0.15) is 33.1 Å². The lowest BCUT2D eigenvalue weighted by atomic mass is 9.92. The van der Waals surface area contributed by atoms with Crippen LogP contribution in [0.2, 0.25) is 0 Å². The van der Waals surface area contributed by atoms with Gasteiger partial charge in [0.2, 0.25) is 11.8 Å². The van der Waals surface area contributed by atoms with Crippen molar-refractivity contribution in [3.05, 3.63) is 16.3 Å². The predicted octanol–water partition coefficient (Wildman–Crippen LogP) is 2.42. The number of nitrogens with one attached hydrogen (secondary N) is 2. The summed E-state index contributed by atoms with van der Waals surface area (Å²) in [6.07, 6.45) is 4.34. The zero-order valence-corrected chi connectivity index (χ0v) is 11.4. The molecule has 7 heteroatoms. The molecule has 0 spiro atoms. The molecule has 2 N–H and O–H groups in total. The molecule has 1 fully saturated rings. The molecule has 2 rings (SSSR count). The highest BCUT2D eigenvalue weighted by Gasteiger charge is 2.32. The zero-order chi connectivity index (χ0) is 14.0. The first-order valence-corrected chi connectivity index (χ1v) is 6.37. The van der Waals surface area contributed by atoms with Gasteiger partial charge in [-0.1, -0.05) is 13.8 Å². The van der Waals surface area contributed by atoms with Crippen LogP contribution in [-0.2, 0) is 0 Å². The van der Waals surface area contributed by atoms with Crippen molar-refractivity contribution in [2.45, 2.75) is 39.2 Å². The van der Waals surface area contributed by atoms with Crippen LogP contribution in [0.4, 0.5) is 17.5 Å². The minimum Gasteiger partial charge on any atom is -0.361 e.